The SMILES string of the molecule is Cc1cccc(C(C)Nc2cccc(Br)c2)c1. The topological polar surface area (TPSA) is 12.0 Å². The van der Waals surface area contributed by atoms with Gasteiger partial charge in [-0.05, 0) is 37.6 Å². The molecule has 0 aliphatic rings. The molecule has 0 saturated carbocycles. The van der Waals surface area contributed by atoms with Gasteiger partial charge in [-0.2, -0.15) is 0 Å². The highest BCUT2D eigenvalue weighted by Crippen LogP contribution is 2.22. The van der Waals surface area contributed by atoms with Crippen LogP contribution < -0.4 is 5.32 Å². The molecule has 1 unspecified atom stereocenters. The smallest absolute Gasteiger partial charge is 0.0485 e. The largest absolute Gasteiger partial charge is 0.378 e. The van der Waals surface area contributed by atoms with Crippen molar-refractivity contribution in [2.75, 3.05) is 5.32 Å². The van der Waals surface area contributed by atoms with Crippen LogP contribution in [0.5, 0.6) is 0 Å². The van der Waals surface area contributed by atoms with Crippen molar-refractivity contribution in [3.8, 4) is 0 Å². The van der Waals surface area contributed by atoms with Crippen LogP contribution in [0.4, 0.5) is 5.69 Å². The first-order valence-corrected chi connectivity index (χ1v) is 6.53. The molecule has 88 valence electrons. The maximum absolute atomic E-state index is 3.50. The molecule has 0 aromatic heterocycles. The number of halogens is 1. The molecular weight excluding hydrogens is 274 g/mol. The van der Waals surface area contributed by atoms with Crippen LogP contribution in [-0.2, 0) is 0 Å². The summed E-state index contributed by atoms with van der Waals surface area (Å²) in [6, 6.07) is 17.1. The predicted molar refractivity (Wildman–Crippen MR) is 77.4 cm³/mol. The van der Waals surface area contributed by atoms with E-state index in [4.69, 9.17) is 0 Å². The highest BCUT2D eigenvalue weighted by Gasteiger charge is 2.05. The van der Waals surface area contributed by atoms with Crippen LogP contribution in [0.1, 0.15) is 24.1 Å². The number of rotatable bonds is 3. The van der Waals surface area contributed by atoms with E-state index in [1.807, 2.05) is 12.1 Å². The summed E-state index contributed by atoms with van der Waals surface area (Å²) in [7, 11) is 0. The molecule has 0 radical (unpaired) electrons. The van der Waals surface area contributed by atoms with Gasteiger partial charge in [-0.3, -0.25) is 0 Å². The number of anilines is 1. The molecule has 1 atom stereocenters. The first-order valence-electron chi connectivity index (χ1n) is 5.74. The summed E-state index contributed by atoms with van der Waals surface area (Å²) in [5.74, 6) is 0. The fourth-order valence-corrected chi connectivity index (χ4v) is 2.25. The third kappa shape index (κ3) is 3.34. The Kier molecular flexibility index (Phi) is 3.85. The zero-order valence-electron chi connectivity index (χ0n) is 10.1. The van der Waals surface area contributed by atoms with Crippen molar-refractivity contribution in [1.82, 2.24) is 0 Å². The zero-order valence-corrected chi connectivity index (χ0v) is 11.7. The molecule has 0 aliphatic heterocycles. The van der Waals surface area contributed by atoms with E-state index in [0.29, 0.717) is 6.04 Å². The van der Waals surface area contributed by atoms with Crippen molar-refractivity contribution in [1.29, 1.82) is 0 Å². The summed E-state index contributed by atoms with van der Waals surface area (Å²) >= 11 is 3.48. The van der Waals surface area contributed by atoms with E-state index in [1.54, 1.807) is 0 Å². The number of hydrogen-bond acceptors (Lipinski definition) is 1. The second-order valence-electron chi connectivity index (χ2n) is 4.29. The Labute approximate surface area is 111 Å². The Morgan fingerprint density at radius 2 is 1.82 bits per heavy atom. The van der Waals surface area contributed by atoms with E-state index < -0.39 is 0 Å². The van der Waals surface area contributed by atoms with Gasteiger partial charge in [0.15, 0.2) is 0 Å². The lowest BCUT2D eigenvalue weighted by atomic mass is 10.1. The van der Waals surface area contributed by atoms with E-state index in [0.717, 1.165) is 10.2 Å². The minimum atomic E-state index is 0.309. The molecule has 2 rings (SSSR count). The summed E-state index contributed by atoms with van der Waals surface area (Å²) in [6.07, 6.45) is 0. The molecule has 0 amide bonds. The number of hydrogen-bond donors (Lipinski definition) is 1. The van der Waals surface area contributed by atoms with Crippen molar-refractivity contribution < 1.29 is 0 Å². The van der Waals surface area contributed by atoms with Gasteiger partial charge in [-0.25, -0.2) is 0 Å². The van der Waals surface area contributed by atoms with Crippen molar-refractivity contribution in [2.24, 2.45) is 0 Å². The molecule has 0 saturated heterocycles. The second-order valence-corrected chi connectivity index (χ2v) is 5.21. The standard InChI is InChI=1S/C15H16BrN/c1-11-5-3-6-13(9-11)12(2)17-15-8-4-7-14(16)10-15/h3-10,12,17H,1-2H3. The molecule has 1 nitrogen and oxygen atoms in total. The molecule has 0 aliphatic carbocycles. The van der Waals surface area contributed by atoms with E-state index in [9.17, 15) is 0 Å². The van der Waals surface area contributed by atoms with E-state index >= 15 is 0 Å². The minimum Gasteiger partial charge on any atom is -0.378 e. The second kappa shape index (κ2) is 5.37. The number of benzene rings is 2. The maximum atomic E-state index is 3.50. The molecule has 0 heterocycles. The van der Waals surface area contributed by atoms with E-state index in [-0.39, 0.29) is 0 Å². The highest BCUT2D eigenvalue weighted by atomic mass is 79.9. The summed E-state index contributed by atoms with van der Waals surface area (Å²) in [4.78, 5) is 0. The summed E-state index contributed by atoms with van der Waals surface area (Å²) in [5, 5.41) is 3.50. The Morgan fingerprint density at radius 1 is 1.06 bits per heavy atom. The Balaban J connectivity index is 2.14. The van der Waals surface area contributed by atoms with Gasteiger partial charge >= 0.3 is 0 Å². The first kappa shape index (κ1) is 12.2. The van der Waals surface area contributed by atoms with Crippen LogP contribution in [0.2, 0.25) is 0 Å². The van der Waals surface area contributed by atoms with Gasteiger partial charge in [0, 0.05) is 16.2 Å². The highest BCUT2D eigenvalue weighted by molar-refractivity contribution is 9.10. The van der Waals surface area contributed by atoms with Gasteiger partial charge in [0.05, 0.1) is 0 Å². The predicted octanol–water partition coefficient (Wildman–Crippen LogP) is 4.93. The number of aryl methyl sites for hydroxylation is 1. The molecule has 1 N–H and O–H groups in total. The maximum Gasteiger partial charge on any atom is 0.0485 e. The lowest BCUT2D eigenvalue weighted by Crippen LogP contribution is -2.06. The van der Waals surface area contributed by atoms with Gasteiger partial charge in [0.1, 0.15) is 0 Å². The molecule has 2 heteroatoms. The molecule has 0 bridgehead atoms. The van der Waals surface area contributed by atoms with Crippen molar-refractivity contribution in [3.05, 3.63) is 64.1 Å². The van der Waals surface area contributed by atoms with Gasteiger partial charge in [-0.15, -0.1) is 0 Å². The molecular formula is C15H16BrN. The van der Waals surface area contributed by atoms with Crippen LogP contribution in [0.15, 0.2) is 53.0 Å². The van der Waals surface area contributed by atoms with Crippen LogP contribution in [0.3, 0.4) is 0 Å². The van der Waals surface area contributed by atoms with Crippen molar-refractivity contribution >= 4 is 21.6 Å². The van der Waals surface area contributed by atoms with Crippen molar-refractivity contribution in [2.45, 2.75) is 19.9 Å². The fraction of sp³-hybridized carbons (Fsp3) is 0.200. The molecule has 0 spiro atoms. The normalized spacial score (nSPS) is 12.2. The van der Waals surface area contributed by atoms with E-state index in [2.05, 4.69) is 71.5 Å². The average molecular weight is 290 g/mol. The summed E-state index contributed by atoms with van der Waals surface area (Å²) in [5.41, 5.74) is 3.74. The monoisotopic (exact) mass is 289 g/mol. The van der Waals surface area contributed by atoms with Gasteiger partial charge in [0.2, 0.25) is 0 Å². The van der Waals surface area contributed by atoms with Crippen LogP contribution in [0.25, 0.3) is 0 Å². The zero-order chi connectivity index (χ0) is 12.3. The molecule has 17 heavy (non-hydrogen) atoms. The minimum absolute atomic E-state index is 0.309. The Bertz CT molecular complexity index is 508. The first-order chi connectivity index (χ1) is 8.15. The molecule has 2 aromatic rings. The van der Waals surface area contributed by atoms with Crippen molar-refractivity contribution in [3.63, 3.8) is 0 Å². The van der Waals surface area contributed by atoms with Gasteiger partial charge in [0.25, 0.3) is 0 Å². The molecule has 0 fully saturated rings. The van der Waals surface area contributed by atoms with Crippen LogP contribution in [-0.4, -0.2) is 0 Å². The molecule has 2 aromatic carbocycles. The van der Waals surface area contributed by atoms with Crippen LogP contribution >= 0.6 is 15.9 Å². The quantitative estimate of drug-likeness (QED) is 0.845. The number of nitrogens with one attached hydrogen (secondary N) is 1. The fourth-order valence-electron chi connectivity index (χ4n) is 1.85. The Morgan fingerprint density at radius 3 is 2.53 bits per heavy atom. The lowest BCUT2D eigenvalue weighted by Gasteiger charge is -2.16. The third-order valence-corrected chi connectivity index (χ3v) is 3.24. The van der Waals surface area contributed by atoms with Gasteiger partial charge < -0.3 is 5.32 Å². The van der Waals surface area contributed by atoms with Gasteiger partial charge in [-0.1, -0.05) is 51.8 Å². The summed E-state index contributed by atoms with van der Waals surface area (Å²) in [6.45, 7) is 4.30. The Hall–Kier alpha value is -1.28. The third-order valence-electron chi connectivity index (χ3n) is 2.75. The van der Waals surface area contributed by atoms with E-state index in [1.165, 1.54) is 11.1 Å². The lowest BCUT2D eigenvalue weighted by molar-refractivity contribution is 0.883. The average Bonchev–Trinajstić information content (AvgIpc) is 2.29. The van der Waals surface area contributed by atoms with Crippen LogP contribution in [0, 0.1) is 6.92 Å². The summed E-state index contributed by atoms with van der Waals surface area (Å²) < 4.78 is 1.10.